The summed E-state index contributed by atoms with van der Waals surface area (Å²) in [5.41, 5.74) is 0.521. The van der Waals surface area contributed by atoms with Crippen LogP contribution in [0.1, 0.15) is 33.5 Å². The van der Waals surface area contributed by atoms with Crippen molar-refractivity contribution in [1.29, 1.82) is 0 Å². The lowest BCUT2D eigenvalue weighted by Crippen LogP contribution is -2.35. The second-order valence-electron chi connectivity index (χ2n) is 7.23. The second-order valence-corrected chi connectivity index (χ2v) is 8.24. The first-order valence-electron chi connectivity index (χ1n) is 9.44. The Morgan fingerprint density at radius 2 is 1.97 bits per heavy atom. The Labute approximate surface area is 178 Å². The van der Waals surface area contributed by atoms with Gasteiger partial charge in [-0.15, -0.1) is 0 Å². The maximum absolute atomic E-state index is 12.9. The van der Waals surface area contributed by atoms with Gasteiger partial charge in [-0.3, -0.25) is 24.8 Å². The van der Waals surface area contributed by atoms with Crippen LogP contribution in [0.4, 0.5) is 5.69 Å². The van der Waals surface area contributed by atoms with Crippen LogP contribution in [0, 0.1) is 10.1 Å². The molecular formula is C21H23N3O5S. The zero-order valence-corrected chi connectivity index (χ0v) is 18.2. The number of benzene rings is 1. The predicted octanol–water partition coefficient (Wildman–Crippen LogP) is 4.95. The van der Waals surface area contributed by atoms with Crippen LogP contribution in [0.15, 0.2) is 44.6 Å². The van der Waals surface area contributed by atoms with Crippen molar-refractivity contribution in [2.45, 2.75) is 39.8 Å². The number of rotatable bonds is 6. The van der Waals surface area contributed by atoms with Crippen LogP contribution < -0.4 is 4.74 Å². The smallest absolute Gasteiger partial charge is 0.273 e. The van der Waals surface area contributed by atoms with Crippen molar-refractivity contribution in [3.05, 3.63) is 51.1 Å². The Hall–Kier alpha value is -3.07. The van der Waals surface area contributed by atoms with Gasteiger partial charge in [-0.05, 0) is 57.7 Å². The zero-order valence-electron chi connectivity index (χ0n) is 17.4. The van der Waals surface area contributed by atoms with E-state index in [2.05, 4.69) is 4.99 Å². The third-order valence-corrected chi connectivity index (χ3v) is 5.28. The van der Waals surface area contributed by atoms with Crippen LogP contribution in [-0.4, -0.2) is 40.1 Å². The quantitative estimate of drug-likeness (QED) is 0.366. The van der Waals surface area contributed by atoms with E-state index in [9.17, 15) is 14.9 Å². The number of nitro benzene ring substituents is 1. The highest BCUT2D eigenvalue weighted by Crippen LogP contribution is 2.37. The Bertz CT molecular complexity index is 1040. The highest BCUT2D eigenvalue weighted by molar-refractivity contribution is 8.18. The summed E-state index contributed by atoms with van der Waals surface area (Å²) in [6, 6.07) is 7.87. The number of aliphatic imine (C=N–C) groups is 1. The van der Waals surface area contributed by atoms with Crippen LogP contribution in [0.3, 0.4) is 0 Å². The number of nitro groups is 1. The van der Waals surface area contributed by atoms with Crippen molar-refractivity contribution in [3.63, 3.8) is 0 Å². The van der Waals surface area contributed by atoms with Crippen molar-refractivity contribution in [2.24, 2.45) is 4.99 Å². The molecule has 2 aromatic rings. The molecule has 0 saturated carbocycles. The van der Waals surface area contributed by atoms with Crippen LogP contribution in [0.5, 0.6) is 5.75 Å². The number of carbonyl (C=O) groups is 1. The lowest BCUT2D eigenvalue weighted by atomic mass is 10.1. The van der Waals surface area contributed by atoms with Crippen molar-refractivity contribution >= 4 is 34.6 Å². The third-order valence-electron chi connectivity index (χ3n) is 4.28. The van der Waals surface area contributed by atoms with E-state index < -0.39 is 4.92 Å². The van der Waals surface area contributed by atoms with Gasteiger partial charge >= 0.3 is 0 Å². The number of carbonyl (C=O) groups excluding carboxylic acids is 1. The van der Waals surface area contributed by atoms with E-state index in [1.54, 1.807) is 29.2 Å². The standard InChI is InChI=1S/C21H23N3O5S/c1-12(2)22-21-23(13(3)4)20(25)19(30-21)11-15-7-9-17(29-15)16-8-6-14(24(26)27)10-18(16)28-5/h6-13H,1-5H3/b19-11+,22-21?. The molecule has 1 aromatic carbocycles. The molecule has 1 aromatic heterocycles. The number of hydrogen-bond acceptors (Lipinski definition) is 7. The first kappa shape index (κ1) is 21.6. The molecule has 158 valence electrons. The fraction of sp³-hybridized carbons (Fsp3) is 0.333. The van der Waals surface area contributed by atoms with Gasteiger partial charge in [0.15, 0.2) is 5.17 Å². The minimum atomic E-state index is -0.482. The number of amides is 1. The molecule has 30 heavy (non-hydrogen) atoms. The number of hydrogen-bond donors (Lipinski definition) is 0. The molecule has 0 N–H and O–H groups in total. The summed E-state index contributed by atoms with van der Waals surface area (Å²) in [4.78, 5) is 30.1. The number of amidine groups is 1. The summed E-state index contributed by atoms with van der Waals surface area (Å²) in [5.74, 6) is 1.21. The maximum atomic E-state index is 12.9. The van der Waals surface area contributed by atoms with Gasteiger partial charge in [0.2, 0.25) is 0 Å². The van der Waals surface area contributed by atoms with Crippen LogP contribution in [-0.2, 0) is 4.79 Å². The van der Waals surface area contributed by atoms with Crippen molar-refractivity contribution < 1.29 is 18.9 Å². The molecule has 1 amide bonds. The van der Waals surface area contributed by atoms with E-state index in [1.807, 2.05) is 27.7 Å². The van der Waals surface area contributed by atoms with E-state index in [0.717, 1.165) is 0 Å². The molecule has 1 aliphatic rings. The number of nitrogens with zero attached hydrogens (tertiary/aromatic N) is 3. The minimum absolute atomic E-state index is 0.00932. The van der Waals surface area contributed by atoms with Gasteiger partial charge < -0.3 is 9.15 Å². The molecule has 0 aliphatic carbocycles. The summed E-state index contributed by atoms with van der Waals surface area (Å²) in [7, 11) is 1.44. The predicted molar refractivity (Wildman–Crippen MR) is 117 cm³/mol. The monoisotopic (exact) mass is 429 g/mol. The summed E-state index contributed by atoms with van der Waals surface area (Å²) >= 11 is 1.32. The van der Waals surface area contributed by atoms with Crippen molar-refractivity contribution in [1.82, 2.24) is 4.90 Å². The third kappa shape index (κ3) is 4.40. The molecule has 3 rings (SSSR count). The number of ether oxygens (including phenoxy) is 1. The largest absolute Gasteiger partial charge is 0.496 e. The molecule has 0 bridgehead atoms. The fourth-order valence-electron chi connectivity index (χ4n) is 2.95. The van der Waals surface area contributed by atoms with Gasteiger partial charge in [0.25, 0.3) is 11.6 Å². The molecule has 2 heterocycles. The van der Waals surface area contributed by atoms with E-state index >= 15 is 0 Å². The Kier molecular flexibility index (Phi) is 6.31. The summed E-state index contributed by atoms with van der Waals surface area (Å²) in [6.07, 6.45) is 1.69. The normalized spacial score (nSPS) is 17.0. The fourth-order valence-corrected chi connectivity index (χ4v) is 4.17. The molecular weight excluding hydrogens is 406 g/mol. The van der Waals surface area contributed by atoms with Crippen molar-refractivity contribution in [2.75, 3.05) is 7.11 Å². The molecule has 0 spiro atoms. The molecule has 0 atom stereocenters. The van der Waals surface area contributed by atoms with Crippen LogP contribution in [0.2, 0.25) is 0 Å². The Balaban J connectivity index is 1.93. The molecule has 1 aliphatic heterocycles. The first-order chi connectivity index (χ1) is 14.2. The lowest BCUT2D eigenvalue weighted by Gasteiger charge is -2.20. The molecule has 8 nitrogen and oxygen atoms in total. The summed E-state index contributed by atoms with van der Waals surface area (Å²) in [6.45, 7) is 7.83. The SMILES string of the molecule is COc1cc([N+](=O)[O-])ccc1-c1ccc(/C=C2/SC(=NC(C)C)N(C(C)C)C2=O)o1. The molecule has 9 heteroatoms. The molecule has 0 unspecified atom stereocenters. The van der Waals surface area contributed by atoms with Gasteiger partial charge in [0.05, 0.1) is 28.6 Å². The van der Waals surface area contributed by atoms with Crippen LogP contribution >= 0.6 is 11.8 Å². The van der Waals surface area contributed by atoms with Crippen LogP contribution in [0.25, 0.3) is 17.4 Å². The van der Waals surface area contributed by atoms with Gasteiger partial charge in [-0.2, -0.15) is 0 Å². The van der Waals surface area contributed by atoms with Gasteiger partial charge in [-0.1, -0.05) is 0 Å². The number of thioether (sulfide) groups is 1. The first-order valence-corrected chi connectivity index (χ1v) is 10.3. The van der Waals surface area contributed by atoms with E-state index in [0.29, 0.717) is 32.9 Å². The average molecular weight is 429 g/mol. The Morgan fingerprint density at radius 1 is 1.23 bits per heavy atom. The van der Waals surface area contributed by atoms with E-state index in [4.69, 9.17) is 9.15 Å². The highest BCUT2D eigenvalue weighted by atomic mass is 32.2. The summed E-state index contributed by atoms with van der Waals surface area (Å²) in [5, 5.41) is 11.7. The zero-order chi connectivity index (χ0) is 22.0. The Morgan fingerprint density at radius 3 is 2.57 bits per heavy atom. The highest BCUT2D eigenvalue weighted by Gasteiger charge is 2.35. The summed E-state index contributed by atoms with van der Waals surface area (Å²) < 4.78 is 11.2. The lowest BCUT2D eigenvalue weighted by molar-refractivity contribution is -0.384. The van der Waals surface area contributed by atoms with Gasteiger partial charge in [0, 0.05) is 24.2 Å². The number of methoxy groups -OCH3 is 1. The van der Waals surface area contributed by atoms with Crippen molar-refractivity contribution in [3.8, 4) is 17.1 Å². The molecule has 1 fully saturated rings. The number of furan rings is 1. The second kappa shape index (κ2) is 8.74. The molecule has 1 saturated heterocycles. The maximum Gasteiger partial charge on any atom is 0.273 e. The minimum Gasteiger partial charge on any atom is -0.496 e. The average Bonchev–Trinajstić information content (AvgIpc) is 3.25. The van der Waals surface area contributed by atoms with Gasteiger partial charge in [0.1, 0.15) is 17.3 Å². The van der Waals surface area contributed by atoms with Gasteiger partial charge in [-0.25, -0.2) is 0 Å². The van der Waals surface area contributed by atoms with E-state index in [-0.39, 0.29) is 23.7 Å². The molecule has 0 radical (unpaired) electrons. The topological polar surface area (TPSA) is 98.2 Å². The van der Waals surface area contributed by atoms with E-state index in [1.165, 1.54) is 31.0 Å². The number of non-ortho nitro benzene ring substituents is 1.